The molecule has 0 saturated carbocycles. The van der Waals surface area contributed by atoms with Crippen molar-refractivity contribution in [3.05, 3.63) is 47.2 Å². The molecule has 0 fully saturated rings. The normalized spacial score (nSPS) is 14.0. The van der Waals surface area contributed by atoms with Crippen LogP contribution in [0.15, 0.2) is 24.5 Å². The first-order chi connectivity index (χ1) is 14.0. The maximum absolute atomic E-state index is 12.4. The van der Waals surface area contributed by atoms with Crippen molar-refractivity contribution in [2.24, 2.45) is 0 Å². The second-order valence-corrected chi connectivity index (χ2v) is 7.62. The van der Waals surface area contributed by atoms with E-state index in [1.54, 1.807) is 19.3 Å². The highest BCUT2D eigenvalue weighted by molar-refractivity contribution is 5.94. The molecule has 1 unspecified atom stereocenters. The zero-order valence-corrected chi connectivity index (χ0v) is 16.9. The zero-order chi connectivity index (χ0) is 20.6. The average Bonchev–Trinajstić information content (AvgIpc) is 2.72. The zero-order valence-electron chi connectivity index (χ0n) is 16.9. The molecule has 3 rings (SSSR count). The lowest BCUT2D eigenvalue weighted by atomic mass is 9.92. The summed E-state index contributed by atoms with van der Waals surface area (Å²) in [6, 6.07) is 3.83. The van der Waals surface area contributed by atoms with Crippen molar-refractivity contribution in [2.45, 2.75) is 64.2 Å². The number of aromatic nitrogens is 3. The topological polar surface area (TPSA) is 105 Å². The summed E-state index contributed by atoms with van der Waals surface area (Å²) in [5.41, 5.74) is 2.57. The van der Waals surface area contributed by atoms with Crippen LogP contribution in [0.25, 0.3) is 0 Å². The molecule has 2 aromatic heterocycles. The average molecular weight is 396 g/mol. The second kappa shape index (κ2) is 10.1. The van der Waals surface area contributed by atoms with Crippen LogP contribution in [0.4, 0.5) is 5.82 Å². The Hall–Kier alpha value is -2.83. The van der Waals surface area contributed by atoms with Crippen molar-refractivity contribution in [2.75, 3.05) is 11.9 Å². The number of carbonyl (C=O) groups excluding carboxylic acids is 1. The Morgan fingerprint density at radius 2 is 1.97 bits per heavy atom. The lowest BCUT2D eigenvalue weighted by Gasteiger charge is -2.17. The number of rotatable bonds is 10. The summed E-state index contributed by atoms with van der Waals surface area (Å²) >= 11 is 0. The van der Waals surface area contributed by atoms with E-state index in [2.05, 4.69) is 20.3 Å². The monoisotopic (exact) mass is 396 g/mol. The van der Waals surface area contributed by atoms with E-state index in [9.17, 15) is 14.7 Å². The van der Waals surface area contributed by atoms with Gasteiger partial charge in [-0.15, -0.1) is 0 Å². The molecular weight excluding hydrogens is 368 g/mol. The van der Waals surface area contributed by atoms with Crippen LogP contribution < -0.4 is 5.32 Å². The first kappa shape index (κ1) is 20.9. The Morgan fingerprint density at radius 3 is 2.72 bits per heavy atom. The molecule has 1 aliphatic rings. The molecule has 1 atom stereocenters. The van der Waals surface area contributed by atoms with E-state index in [1.165, 1.54) is 5.56 Å². The fourth-order valence-corrected chi connectivity index (χ4v) is 3.68. The van der Waals surface area contributed by atoms with E-state index in [0.29, 0.717) is 17.9 Å². The number of fused-ring (bicyclic) bond motifs is 1. The van der Waals surface area contributed by atoms with Crippen molar-refractivity contribution < 1.29 is 14.7 Å². The quantitative estimate of drug-likeness (QED) is 0.463. The fraction of sp³-hybridized carbons (Fsp3) is 0.500. The van der Waals surface area contributed by atoms with Crippen LogP contribution in [-0.2, 0) is 11.2 Å². The SMILES string of the molecule is Cc1ncc(C(CCCCCC(=O)c2ccc3c(n2)NCCC3)CC(=O)O)cn1. The van der Waals surface area contributed by atoms with Gasteiger partial charge in [0.2, 0.25) is 0 Å². The number of Topliss-reactive ketones (excluding diaryl/α,β-unsaturated/α-hetero) is 1. The molecule has 0 aliphatic carbocycles. The highest BCUT2D eigenvalue weighted by Gasteiger charge is 2.17. The van der Waals surface area contributed by atoms with Gasteiger partial charge in [-0.05, 0) is 55.7 Å². The Kier molecular flexibility index (Phi) is 7.27. The van der Waals surface area contributed by atoms with Crippen molar-refractivity contribution in [3.8, 4) is 0 Å². The molecule has 7 nitrogen and oxygen atoms in total. The smallest absolute Gasteiger partial charge is 0.303 e. The summed E-state index contributed by atoms with van der Waals surface area (Å²) in [5, 5.41) is 12.4. The predicted octanol–water partition coefficient (Wildman–Crippen LogP) is 3.93. The number of ketones is 1. The summed E-state index contributed by atoms with van der Waals surface area (Å²) in [6.07, 6.45) is 9.32. The third kappa shape index (κ3) is 6.07. The number of hydrogen-bond acceptors (Lipinski definition) is 6. The summed E-state index contributed by atoms with van der Waals surface area (Å²) in [7, 11) is 0. The molecule has 0 bridgehead atoms. The van der Waals surface area contributed by atoms with Gasteiger partial charge in [-0.3, -0.25) is 9.59 Å². The Balaban J connectivity index is 1.45. The molecule has 3 heterocycles. The van der Waals surface area contributed by atoms with Gasteiger partial charge in [0.05, 0.1) is 6.42 Å². The second-order valence-electron chi connectivity index (χ2n) is 7.62. The number of hydrogen-bond donors (Lipinski definition) is 2. The fourth-order valence-electron chi connectivity index (χ4n) is 3.68. The Labute approximate surface area is 171 Å². The molecule has 1 aliphatic heterocycles. The number of carboxylic acid groups (broad SMARTS) is 1. The van der Waals surface area contributed by atoms with Gasteiger partial charge < -0.3 is 10.4 Å². The largest absolute Gasteiger partial charge is 0.481 e. The number of aliphatic carboxylic acids is 1. The van der Waals surface area contributed by atoms with Gasteiger partial charge in [0.15, 0.2) is 5.78 Å². The molecule has 29 heavy (non-hydrogen) atoms. The maximum atomic E-state index is 12.4. The number of carbonyl (C=O) groups is 2. The van der Waals surface area contributed by atoms with Crippen LogP contribution >= 0.6 is 0 Å². The number of nitrogens with zero attached hydrogens (tertiary/aromatic N) is 3. The highest BCUT2D eigenvalue weighted by atomic mass is 16.4. The molecule has 154 valence electrons. The van der Waals surface area contributed by atoms with Crippen LogP contribution in [0.3, 0.4) is 0 Å². The van der Waals surface area contributed by atoms with Crippen molar-refractivity contribution in [1.82, 2.24) is 15.0 Å². The molecule has 2 aromatic rings. The highest BCUT2D eigenvalue weighted by Crippen LogP contribution is 2.26. The first-order valence-electron chi connectivity index (χ1n) is 10.3. The molecule has 0 aromatic carbocycles. The summed E-state index contributed by atoms with van der Waals surface area (Å²) < 4.78 is 0. The molecular formula is C22H28N4O3. The summed E-state index contributed by atoms with van der Waals surface area (Å²) in [6.45, 7) is 2.71. The minimum absolute atomic E-state index is 0.0641. The summed E-state index contributed by atoms with van der Waals surface area (Å²) in [4.78, 5) is 36.5. The van der Waals surface area contributed by atoms with Gasteiger partial charge in [-0.25, -0.2) is 15.0 Å². The van der Waals surface area contributed by atoms with Gasteiger partial charge >= 0.3 is 5.97 Å². The Morgan fingerprint density at radius 1 is 1.17 bits per heavy atom. The van der Waals surface area contributed by atoms with Gasteiger partial charge in [-0.1, -0.05) is 18.9 Å². The standard InChI is InChI=1S/C22H28N4O3/c1-15-24-13-18(14-25-15)17(12-21(28)29)6-3-2-4-8-20(27)19-10-9-16-7-5-11-23-22(16)26-19/h9-10,13-14,17H,2-8,11-12H2,1H3,(H,23,26)(H,28,29). The first-order valence-corrected chi connectivity index (χ1v) is 10.3. The molecule has 0 amide bonds. The number of unbranched alkanes of at least 4 members (excludes halogenated alkanes) is 2. The molecule has 0 saturated heterocycles. The minimum atomic E-state index is -0.821. The van der Waals surface area contributed by atoms with Gasteiger partial charge in [0, 0.05) is 25.4 Å². The van der Waals surface area contributed by atoms with Gasteiger partial charge in [0.1, 0.15) is 17.3 Å². The van der Waals surface area contributed by atoms with Crippen molar-refractivity contribution in [1.29, 1.82) is 0 Å². The van der Waals surface area contributed by atoms with E-state index in [-0.39, 0.29) is 18.1 Å². The van der Waals surface area contributed by atoms with Crippen LogP contribution in [-0.4, -0.2) is 38.4 Å². The number of anilines is 1. The predicted molar refractivity (Wildman–Crippen MR) is 110 cm³/mol. The number of nitrogens with one attached hydrogen (secondary N) is 1. The molecule has 2 N–H and O–H groups in total. The van der Waals surface area contributed by atoms with Gasteiger partial charge in [0.25, 0.3) is 0 Å². The van der Waals surface area contributed by atoms with Crippen molar-refractivity contribution >= 4 is 17.6 Å². The van der Waals surface area contributed by atoms with Crippen LogP contribution in [0, 0.1) is 6.92 Å². The van der Waals surface area contributed by atoms with Crippen molar-refractivity contribution in [3.63, 3.8) is 0 Å². The van der Waals surface area contributed by atoms with Crippen LogP contribution in [0.1, 0.15) is 78.3 Å². The lowest BCUT2D eigenvalue weighted by Crippen LogP contribution is -2.15. The minimum Gasteiger partial charge on any atom is -0.481 e. The van der Waals surface area contributed by atoms with Crippen LogP contribution in [0.2, 0.25) is 0 Å². The number of aryl methyl sites for hydroxylation is 2. The van der Waals surface area contributed by atoms with E-state index >= 15 is 0 Å². The molecule has 0 spiro atoms. The molecule has 7 heteroatoms. The van der Waals surface area contributed by atoms with Crippen LogP contribution in [0.5, 0.6) is 0 Å². The lowest BCUT2D eigenvalue weighted by molar-refractivity contribution is -0.137. The third-order valence-electron chi connectivity index (χ3n) is 5.33. The van der Waals surface area contributed by atoms with E-state index in [0.717, 1.165) is 56.5 Å². The molecule has 0 radical (unpaired) electrons. The van der Waals surface area contributed by atoms with E-state index in [1.807, 2.05) is 12.1 Å². The van der Waals surface area contributed by atoms with E-state index in [4.69, 9.17) is 0 Å². The van der Waals surface area contributed by atoms with E-state index < -0.39 is 5.97 Å². The number of carboxylic acids is 1. The maximum Gasteiger partial charge on any atom is 0.303 e. The summed E-state index contributed by atoms with van der Waals surface area (Å²) in [5.74, 6) is 0.662. The Bertz CT molecular complexity index is 852. The van der Waals surface area contributed by atoms with Gasteiger partial charge in [-0.2, -0.15) is 0 Å². The number of pyridine rings is 1. The third-order valence-corrected chi connectivity index (χ3v) is 5.33.